The number of rotatable bonds is 6. The van der Waals surface area contributed by atoms with Crippen LogP contribution in [0.4, 0.5) is 28.2 Å². The van der Waals surface area contributed by atoms with Gasteiger partial charge in [-0.25, -0.2) is 9.59 Å². The van der Waals surface area contributed by atoms with E-state index in [0.29, 0.717) is 43.0 Å². The second-order valence-corrected chi connectivity index (χ2v) is 12.8. The monoisotopic (exact) mass is 661 g/mol. The Labute approximate surface area is 311 Å². The zero-order chi connectivity index (χ0) is 32.7. The first-order chi connectivity index (χ1) is 21.2. The second-order valence-electron chi connectivity index (χ2n) is 12.8. The van der Waals surface area contributed by atoms with Crippen molar-refractivity contribution in [2.24, 2.45) is 0 Å². The predicted octanol–water partition coefficient (Wildman–Crippen LogP) is 3.77. The van der Waals surface area contributed by atoms with Gasteiger partial charge in [0.25, 0.3) is 0 Å². The van der Waals surface area contributed by atoms with Gasteiger partial charge in [-0.15, -0.1) is 5.46 Å². The third-order valence-corrected chi connectivity index (χ3v) is 8.75. The van der Waals surface area contributed by atoms with E-state index in [-0.39, 0.29) is 81.6 Å². The smallest absolute Gasteiger partial charge is 0.449 e. The van der Waals surface area contributed by atoms with Crippen LogP contribution in [0.25, 0.3) is 11.1 Å². The quantitative estimate of drug-likeness (QED) is 0.408. The molecular formula is C34H40BF3KN3O4. The van der Waals surface area contributed by atoms with Crippen LogP contribution in [0.5, 0.6) is 0 Å². The maximum Gasteiger partial charge on any atom is 1.00 e. The van der Waals surface area contributed by atoms with Crippen molar-refractivity contribution in [3.8, 4) is 11.1 Å². The van der Waals surface area contributed by atoms with Crippen molar-refractivity contribution in [1.82, 2.24) is 10.2 Å². The molecule has 2 amide bonds. The molecule has 46 heavy (non-hydrogen) atoms. The number of halogens is 3. The van der Waals surface area contributed by atoms with Crippen LogP contribution >= 0.6 is 0 Å². The summed E-state index contributed by atoms with van der Waals surface area (Å²) in [6, 6.07) is 16.0. The number of benzene rings is 3. The number of hydrogen-bond donors (Lipinski definition) is 1. The Morgan fingerprint density at radius 3 is 1.93 bits per heavy atom. The summed E-state index contributed by atoms with van der Waals surface area (Å²) in [6.45, 7) is 6.14. The number of alkyl carbamates (subject to hydrolysis) is 1. The molecule has 1 aliphatic heterocycles. The minimum Gasteiger partial charge on any atom is -0.449 e. The molecule has 1 fully saturated rings. The number of anilines is 1. The van der Waals surface area contributed by atoms with Gasteiger partial charge in [0.1, 0.15) is 12.2 Å². The van der Waals surface area contributed by atoms with E-state index in [2.05, 4.69) is 5.32 Å². The van der Waals surface area contributed by atoms with Crippen LogP contribution in [0.15, 0.2) is 48.5 Å². The third-order valence-electron chi connectivity index (χ3n) is 8.75. The van der Waals surface area contributed by atoms with Crippen LogP contribution in [0.3, 0.4) is 0 Å². The molecule has 0 bridgehead atoms. The molecule has 0 atom stereocenters. The van der Waals surface area contributed by atoms with E-state index in [9.17, 15) is 22.5 Å². The summed E-state index contributed by atoms with van der Waals surface area (Å²) in [5, 5.41) is 2.71. The molecule has 1 aliphatic carbocycles. The van der Waals surface area contributed by atoms with Crippen LogP contribution in [0.2, 0.25) is 0 Å². The van der Waals surface area contributed by atoms with Crippen LogP contribution in [-0.4, -0.2) is 62.5 Å². The Hall–Kier alpha value is -2.51. The fourth-order valence-corrected chi connectivity index (χ4v) is 6.76. The van der Waals surface area contributed by atoms with Gasteiger partial charge in [-0.3, -0.25) is 0 Å². The predicted molar refractivity (Wildman–Crippen MR) is 171 cm³/mol. The Bertz CT molecular complexity index is 1570. The number of piperazine rings is 1. The minimum atomic E-state index is -5.33. The molecule has 1 heterocycles. The molecule has 240 valence electrons. The van der Waals surface area contributed by atoms with Gasteiger partial charge in [0.2, 0.25) is 0 Å². The summed E-state index contributed by atoms with van der Waals surface area (Å²) in [4.78, 5) is 29.0. The topological polar surface area (TPSA) is 71.1 Å². The largest absolute Gasteiger partial charge is 1.00 e. The van der Waals surface area contributed by atoms with E-state index in [4.69, 9.17) is 9.47 Å². The fourth-order valence-electron chi connectivity index (χ4n) is 6.76. The summed E-state index contributed by atoms with van der Waals surface area (Å²) in [5.74, 6) is -0.128. The SMILES string of the molecule is Cc1c(CNC(=O)OCC2c3ccccc3-c3ccccc32)c(C)c([B-](F)(F)F)c(C)c1N1CCN(C(=O)OC(C)(C)C)CC1.[K+]. The van der Waals surface area contributed by atoms with Gasteiger partial charge in [0.15, 0.2) is 0 Å². The van der Waals surface area contributed by atoms with Crippen molar-refractivity contribution in [3.05, 3.63) is 81.9 Å². The van der Waals surface area contributed by atoms with Crippen molar-refractivity contribution in [3.63, 3.8) is 0 Å². The van der Waals surface area contributed by atoms with Crippen LogP contribution in [-0.2, 0) is 16.0 Å². The molecule has 7 nitrogen and oxygen atoms in total. The minimum absolute atomic E-state index is 0. The van der Waals surface area contributed by atoms with Crippen LogP contribution in [0, 0.1) is 20.8 Å². The molecule has 3 aromatic carbocycles. The maximum atomic E-state index is 14.5. The van der Waals surface area contributed by atoms with Gasteiger partial charge < -0.3 is 37.5 Å². The number of amides is 2. The molecule has 0 aromatic heterocycles. The first-order valence-corrected chi connectivity index (χ1v) is 15.3. The Morgan fingerprint density at radius 2 is 1.41 bits per heavy atom. The number of carbonyl (C=O) groups excluding carboxylic acids is 2. The van der Waals surface area contributed by atoms with Gasteiger partial charge in [-0.05, 0) is 74.9 Å². The first-order valence-electron chi connectivity index (χ1n) is 15.3. The van der Waals surface area contributed by atoms with Crippen molar-refractivity contribution < 1.29 is 83.4 Å². The number of hydrogen-bond acceptors (Lipinski definition) is 5. The van der Waals surface area contributed by atoms with E-state index in [0.717, 1.165) is 22.3 Å². The molecule has 0 saturated carbocycles. The summed E-state index contributed by atoms with van der Waals surface area (Å²) >= 11 is 0. The second kappa shape index (κ2) is 14.3. The summed E-state index contributed by atoms with van der Waals surface area (Å²) in [7, 11) is 0. The van der Waals surface area contributed by atoms with Gasteiger partial charge >= 0.3 is 70.5 Å². The molecule has 2 aliphatic rings. The van der Waals surface area contributed by atoms with Crippen molar-refractivity contribution in [2.45, 2.75) is 59.6 Å². The van der Waals surface area contributed by atoms with Crippen molar-refractivity contribution in [2.75, 3.05) is 37.7 Å². The number of nitrogens with zero attached hydrogens (tertiary/aromatic N) is 2. The molecule has 0 unspecified atom stereocenters. The van der Waals surface area contributed by atoms with E-state index in [1.807, 2.05) is 53.4 Å². The van der Waals surface area contributed by atoms with Gasteiger partial charge in [0, 0.05) is 44.3 Å². The molecule has 3 aromatic rings. The number of carbonyl (C=O) groups is 2. The van der Waals surface area contributed by atoms with Gasteiger partial charge in [0.05, 0.1) is 0 Å². The van der Waals surface area contributed by atoms with E-state index >= 15 is 0 Å². The number of ether oxygens (including phenoxy) is 2. The van der Waals surface area contributed by atoms with Gasteiger partial charge in [-0.1, -0.05) is 59.7 Å². The number of fused-ring (bicyclic) bond motifs is 3. The average molecular weight is 662 g/mol. The maximum absolute atomic E-state index is 14.5. The van der Waals surface area contributed by atoms with E-state index < -0.39 is 30.2 Å². The van der Waals surface area contributed by atoms with E-state index in [1.165, 1.54) is 13.8 Å². The Morgan fingerprint density at radius 1 is 0.870 bits per heavy atom. The Balaban J connectivity index is 0.00000480. The van der Waals surface area contributed by atoms with Crippen molar-refractivity contribution >= 4 is 30.3 Å². The van der Waals surface area contributed by atoms with Crippen molar-refractivity contribution in [1.29, 1.82) is 0 Å². The molecule has 1 N–H and O–H groups in total. The molecular weight excluding hydrogens is 621 g/mol. The standard InChI is InChI=1S/C34H40BF3N3O4.K/c1-21-28(19-39-32(42)44-20-29-26-13-9-7-11-24(26)25-12-8-10-14-27(25)29)22(2)31(23(3)30(21)35(36,37)38)40-15-17-41(18-16-40)33(43)45-34(4,5)6;/h7-14,29H,15-20H2,1-6H3,(H,39,42);/q-1;+1. The molecule has 0 radical (unpaired) electrons. The first kappa shape index (κ1) is 36.3. The van der Waals surface area contributed by atoms with E-state index in [1.54, 1.807) is 32.6 Å². The summed E-state index contributed by atoms with van der Waals surface area (Å²) in [6.07, 6.45) is -1.13. The normalized spacial score (nSPS) is 14.7. The Kier molecular flexibility index (Phi) is 11.3. The summed E-state index contributed by atoms with van der Waals surface area (Å²) in [5.41, 5.74) is 4.90. The number of nitrogens with one attached hydrogen (secondary N) is 1. The zero-order valence-corrected chi connectivity index (χ0v) is 30.8. The fraction of sp³-hybridized carbons (Fsp3) is 0.412. The zero-order valence-electron chi connectivity index (χ0n) is 27.7. The van der Waals surface area contributed by atoms with Gasteiger partial charge in [-0.2, -0.15) is 0 Å². The molecule has 1 saturated heterocycles. The van der Waals surface area contributed by atoms with Crippen LogP contribution in [0.1, 0.15) is 60.1 Å². The molecule has 5 rings (SSSR count). The average Bonchev–Trinajstić information content (AvgIpc) is 3.28. The molecule has 12 heteroatoms. The van der Waals surface area contributed by atoms with Crippen LogP contribution < -0.4 is 67.1 Å². The molecule has 0 spiro atoms. The third kappa shape index (κ3) is 7.62. The summed E-state index contributed by atoms with van der Waals surface area (Å²) < 4.78 is 54.6.